The van der Waals surface area contributed by atoms with Gasteiger partial charge in [-0.15, -0.1) is 0 Å². The Kier molecular flexibility index (Phi) is 5.25. The largest absolute Gasteiger partial charge is 0.497 e. The van der Waals surface area contributed by atoms with E-state index in [1.807, 2.05) is 31.2 Å². The van der Waals surface area contributed by atoms with Crippen LogP contribution in [-0.2, 0) is 4.79 Å². The number of aryl methyl sites for hydroxylation is 1. The van der Waals surface area contributed by atoms with Crippen LogP contribution in [-0.4, -0.2) is 19.6 Å². The van der Waals surface area contributed by atoms with Crippen LogP contribution in [0.15, 0.2) is 42.5 Å². The van der Waals surface area contributed by atoms with Crippen molar-refractivity contribution in [2.24, 2.45) is 0 Å². The third kappa shape index (κ3) is 4.41. The monoisotopic (exact) mass is 300 g/mol. The number of hydrogen-bond donors (Lipinski definition) is 2. The number of amides is 1. The quantitative estimate of drug-likeness (QED) is 0.804. The maximum atomic E-state index is 11.9. The summed E-state index contributed by atoms with van der Waals surface area (Å²) in [6.45, 7) is 2.20. The van der Waals surface area contributed by atoms with Crippen LogP contribution in [0.25, 0.3) is 0 Å². The van der Waals surface area contributed by atoms with Gasteiger partial charge in [0.2, 0.25) is 5.91 Å². The zero-order valence-corrected chi connectivity index (χ0v) is 12.8. The summed E-state index contributed by atoms with van der Waals surface area (Å²) in [6, 6.07) is 12.7. The highest BCUT2D eigenvalue weighted by molar-refractivity contribution is 5.91. The van der Waals surface area contributed by atoms with Crippen molar-refractivity contribution in [2.75, 3.05) is 24.8 Å². The summed E-state index contributed by atoms with van der Waals surface area (Å²) in [4.78, 5) is 11.9. The fraction of sp³-hybridized carbons (Fsp3) is 0.235. The second kappa shape index (κ2) is 7.36. The van der Waals surface area contributed by atoms with E-state index in [1.54, 1.807) is 25.3 Å². The number of nitrogen functional groups attached to an aromatic ring is 1. The topological polar surface area (TPSA) is 73.6 Å². The molecule has 1 amide bonds. The summed E-state index contributed by atoms with van der Waals surface area (Å²) in [5.41, 5.74) is 8.06. The highest BCUT2D eigenvalue weighted by Crippen LogP contribution is 2.20. The van der Waals surface area contributed by atoms with Crippen LogP contribution in [0.5, 0.6) is 11.5 Å². The third-order valence-corrected chi connectivity index (χ3v) is 3.16. The molecular weight excluding hydrogens is 280 g/mol. The second-order valence-electron chi connectivity index (χ2n) is 4.90. The third-order valence-electron chi connectivity index (χ3n) is 3.16. The Labute approximate surface area is 130 Å². The summed E-state index contributed by atoms with van der Waals surface area (Å²) in [5, 5.41) is 2.85. The molecule has 22 heavy (non-hydrogen) atoms. The molecule has 5 heteroatoms. The number of methoxy groups -OCH3 is 1. The molecule has 116 valence electrons. The normalized spacial score (nSPS) is 10.1. The Morgan fingerprint density at radius 1 is 1.18 bits per heavy atom. The molecule has 0 saturated heterocycles. The van der Waals surface area contributed by atoms with Crippen LogP contribution in [0.3, 0.4) is 0 Å². The number of hydrogen-bond acceptors (Lipinski definition) is 4. The average Bonchev–Trinajstić information content (AvgIpc) is 2.50. The fourth-order valence-corrected chi connectivity index (χ4v) is 1.99. The van der Waals surface area contributed by atoms with Gasteiger partial charge in [0, 0.05) is 17.4 Å². The van der Waals surface area contributed by atoms with Crippen molar-refractivity contribution in [3.05, 3.63) is 48.0 Å². The lowest BCUT2D eigenvalue weighted by molar-refractivity contribution is -0.116. The summed E-state index contributed by atoms with van der Waals surface area (Å²) in [6.07, 6.45) is 0.265. The molecule has 2 aromatic carbocycles. The van der Waals surface area contributed by atoms with Crippen molar-refractivity contribution in [1.29, 1.82) is 0 Å². The summed E-state index contributed by atoms with van der Waals surface area (Å²) in [5.74, 6) is 1.30. The molecule has 0 aromatic heterocycles. The molecule has 0 aliphatic heterocycles. The minimum Gasteiger partial charge on any atom is -0.497 e. The molecule has 0 aliphatic rings. The van der Waals surface area contributed by atoms with E-state index in [4.69, 9.17) is 15.2 Å². The average molecular weight is 300 g/mol. The van der Waals surface area contributed by atoms with Gasteiger partial charge < -0.3 is 20.5 Å². The van der Waals surface area contributed by atoms with Crippen molar-refractivity contribution in [2.45, 2.75) is 13.3 Å². The number of benzene rings is 2. The molecule has 3 N–H and O–H groups in total. The molecule has 2 rings (SSSR count). The van der Waals surface area contributed by atoms with Crippen molar-refractivity contribution >= 4 is 17.3 Å². The van der Waals surface area contributed by atoms with E-state index in [-0.39, 0.29) is 12.3 Å². The Bertz CT molecular complexity index is 656. The lowest BCUT2D eigenvalue weighted by Gasteiger charge is -2.10. The van der Waals surface area contributed by atoms with Crippen molar-refractivity contribution in [3.63, 3.8) is 0 Å². The first-order chi connectivity index (χ1) is 10.6. The molecule has 0 saturated carbocycles. The standard InChI is InChI=1S/C17H20N2O3/c1-12-10-13(18)6-7-16(12)19-17(20)8-9-22-15-5-3-4-14(11-15)21-2/h3-7,10-11H,8-9,18H2,1-2H3,(H,19,20). The van der Waals surface area contributed by atoms with Gasteiger partial charge in [-0.3, -0.25) is 4.79 Å². The summed E-state index contributed by atoms with van der Waals surface area (Å²) < 4.78 is 10.7. The number of rotatable bonds is 6. The Balaban J connectivity index is 1.82. The van der Waals surface area contributed by atoms with E-state index in [2.05, 4.69) is 5.32 Å². The molecule has 0 bridgehead atoms. The smallest absolute Gasteiger partial charge is 0.227 e. The minimum absolute atomic E-state index is 0.101. The van der Waals surface area contributed by atoms with E-state index in [0.717, 1.165) is 17.0 Å². The molecule has 0 heterocycles. The van der Waals surface area contributed by atoms with Crippen molar-refractivity contribution in [3.8, 4) is 11.5 Å². The first kappa shape index (κ1) is 15.7. The lowest BCUT2D eigenvalue weighted by Crippen LogP contribution is -2.15. The van der Waals surface area contributed by atoms with Gasteiger partial charge in [0.05, 0.1) is 20.1 Å². The lowest BCUT2D eigenvalue weighted by atomic mass is 10.2. The second-order valence-corrected chi connectivity index (χ2v) is 4.90. The summed E-state index contributed by atoms with van der Waals surface area (Å²) >= 11 is 0. The van der Waals surface area contributed by atoms with Gasteiger partial charge in [0.1, 0.15) is 11.5 Å². The van der Waals surface area contributed by atoms with Crippen LogP contribution in [0, 0.1) is 6.92 Å². The van der Waals surface area contributed by atoms with E-state index in [0.29, 0.717) is 18.0 Å². The van der Waals surface area contributed by atoms with E-state index < -0.39 is 0 Å². The Hall–Kier alpha value is -2.69. The van der Waals surface area contributed by atoms with Gasteiger partial charge in [0.15, 0.2) is 0 Å². The van der Waals surface area contributed by atoms with Crippen LogP contribution in [0.4, 0.5) is 11.4 Å². The fourth-order valence-electron chi connectivity index (χ4n) is 1.99. The highest BCUT2D eigenvalue weighted by Gasteiger charge is 2.06. The number of carbonyl (C=O) groups is 1. The first-order valence-electron chi connectivity index (χ1n) is 7.01. The maximum Gasteiger partial charge on any atom is 0.227 e. The number of ether oxygens (including phenoxy) is 2. The predicted molar refractivity (Wildman–Crippen MR) is 87.3 cm³/mol. The molecule has 5 nitrogen and oxygen atoms in total. The molecule has 2 aromatic rings. The summed E-state index contributed by atoms with van der Waals surface area (Å²) in [7, 11) is 1.60. The number of nitrogens with one attached hydrogen (secondary N) is 1. The molecule has 0 radical (unpaired) electrons. The molecule has 0 aliphatic carbocycles. The minimum atomic E-state index is -0.101. The van der Waals surface area contributed by atoms with E-state index in [1.165, 1.54) is 0 Å². The van der Waals surface area contributed by atoms with Gasteiger partial charge in [-0.05, 0) is 42.8 Å². The Morgan fingerprint density at radius 3 is 2.68 bits per heavy atom. The Morgan fingerprint density at radius 2 is 1.95 bits per heavy atom. The van der Waals surface area contributed by atoms with Gasteiger partial charge in [0.25, 0.3) is 0 Å². The van der Waals surface area contributed by atoms with Gasteiger partial charge in [-0.25, -0.2) is 0 Å². The molecule has 0 atom stereocenters. The maximum absolute atomic E-state index is 11.9. The number of nitrogens with two attached hydrogens (primary N) is 1. The van der Waals surface area contributed by atoms with Gasteiger partial charge >= 0.3 is 0 Å². The number of anilines is 2. The van der Waals surface area contributed by atoms with Crippen molar-refractivity contribution in [1.82, 2.24) is 0 Å². The van der Waals surface area contributed by atoms with Crippen LogP contribution < -0.4 is 20.5 Å². The highest BCUT2D eigenvalue weighted by atomic mass is 16.5. The number of carbonyl (C=O) groups excluding carboxylic acids is 1. The first-order valence-corrected chi connectivity index (χ1v) is 7.01. The SMILES string of the molecule is COc1cccc(OCCC(=O)Nc2ccc(N)cc2C)c1. The van der Waals surface area contributed by atoms with Gasteiger partial charge in [-0.2, -0.15) is 0 Å². The van der Waals surface area contributed by atoms with E-state index in [9.17, 15) is 4.79 Å². The van der Waals surface area contributed by atoms with E-state index >= 15 is 0 Å². The van der Waals surface area contributed by atoms with Gasteiger partial charge in [-0.1, -0.05) is 6.07 Å². The molecule has 0 unspecified atom stereocenters. The van der Waals surface area contributed by atoms with Crippen LogP contribution in [0.2, 0.25) is 0 Å². The van der Waals surface area contributed by atoms with Crippen molar-refractivity contribution < 1.29 is 14.3 Å². The molecule has 0 fully saturated rings. The van der Waals surface area contributed by atoms with Crippen LogP contribution in [0.1, 0.15) is 12.0 Å². The predicted octanol–water partition coefficient (Wildman–Crippen LogP) is 2.99. The zero-order chi connectivity index (χ0) is 15.9. The molecular formula is C17H20N2O3. The van der Waals surface area contributed by atoms with Crippen LogP contribution >= 0.6 is 0 Å². The zero-order valence-electron chi connectivity index (χ0n) is 12.8. The molecule has 0 spiro atoms.